The number of carbonyl (C=O) groups is 1. The Morgan fingerprint density at radius 1 is 1.25 bits per heavy atom. The van der Waals surface area contributed by atoms with Crippen molar-refractivity contribution in [2.45, 2.75) is 18.7 Å². The molecule has 0 radical (unpaired) electrons. The van der Waals surface area contributed by atoms with E-state index in [-0.39, 0.29) is 13.2 Å². The minimum Gasteiger partial charge on any atom is -0.465 e. The molecule has 1 aromatic rings. The van der Waals surface area contributed by atoms with Gasteiger partial charge in [0.2, 0.25) is 10.0 Å². The summed E-state index contributed by atoms with van der Waals surface area (Å²) in [6.45, 7) is 2.77. The maximum atomic E-state index is 13.1. The third kappa shape index (κ3) is 3.73. The van der Waals surface area contributed by atoms with Crippen LogP contribution in [0.1, 0.15) is 13.8 Å². The van der Waals surface area contributed by atoms with Crippen LogP contribution in [0, 0.1) is 11.6 Å². The zero-order valence-electron chi connectivity index (χ0n) is 11.1. The highest BCUT2D eigenvalue weighted by atomic mass is 32.2. The number of hydrogen-bond donors (Lipinski definition) is 0. The number of ether oxygens (including phenoxy) is 1. The summed E-state index contributed by atoms with van der Waals surface area (Å²) in [6, 6.07) is 2.25. The number of carbonyl (C=O) groups excluding carboxylic acids is 1. The summed E-state index contributed by atoms with van der Waals surface area (Å²) in [6.07, 6.45) is 0. The molecule has 1 rings (SSSR count). The van der Waals surface area contributed by atoms with Gasteiger partial charge < -0.3 is 4.74 Å². The number of hydrogen-bond acceptors (Lipinski definition) is 4. The van der Waals surface area contributed by atoms with E-state index in [9.17, 15) is 22.0 Å². The van der Waals surface area contributed by atoms with Gasteiger partial charge in [-0.15, -0.1) is 0 Å². The van der Waals surface area contributed by atoms with Crippen molar-refractivity contribution in [2.24, 2.45) is 0 Å². The molecule has 8 heteroatoms. The van der Waals surface area contributed by atoms with E-state index in [4.69, 9.17) is 0 Å². The zero-order valence-corrected chi connectivity index (χ0v) is 11.9. The van der Waals surface area contributed by atoms with Gasteiger partial charge in [-0.3, -0.25) is 4.79 Å². The summed E-state index contributed by atoms with van der Waals surface area (Å²) < 4.78 is 55.8. The van der Waals surface area contributed by atoms with Crippen LogP contribution in [0.2, 0.25) is 0 Å². The maximum absolute atomic E-state index is 13.1. The average molecular weight is 307 g/mol. The van der Waals surface area contributed by atoms with Gasteiger partial charge in [0.15, 0.2) is 11.6 Å². The highest BCUT2D eigenvalue weighted by molar-refractivity contribution is 7.89. The monoisotopic (exact) mass is 307 g/mol. The van der Waals surface area contributed by atoms with Crippen molar-refractivity contribution >= 4 is 16.0 Å². The van der Waals surface area contributed by atoms with Crippen molar-refractivity contribution in [1.29, 1.82) is 0 Å². The molecule has 0 aromatic heterocycles. The number of likely N-dealkylation sites (N-methyl/N-ethyl adjacent to an activating group) is 1. The number of rotatable bonds is 6. The van der Waals surface area contributed by atoms with E-state index >= 15 is 0 Å². The van der Waals surface area contributed by atoms with Crippen molar-refractivity contribution in [3.63, 3.8) is 0 Å². The standard InChI is InChI=1S/C12H15F2NO4S/c1-3-15(8-12(16)19-4-2)20(17,18)9-5-6-10(13)11(14)7-9/h5-7H,3-4,8H2,1-2H3. The van der Waals surface area contributed by atoms with Crippen LogP contribution in [0.5, 0.6) is 0 Å². The van der Waals surface area contributed by atoms with E-state index in [1.54, 1.807) is 6.92 Å². The van der Waals surface area contributed by atoms with Crippen LogP contribution in [0.25, 0.3) is 0 Å². The van der Waals surface area contributed by atoms with Crippen LogP contribution in [-0.2, 0) is 19.6 Å². The lowest BCUT2D eigenvalue weighted by molar-refractivity contribution is -0.143. The van der Waals surface area contributed by atoms with E-state index in [1.807, 2.05) is 0 Å². The Bertz CT molecular complexity index is 589. The fourth-order valence-corrected chi connectivity index (χ4v) is 2.91. The first kappa shape index (κ1) is 16.5. The summed E-state index contributed by atoms with van der Waals surface area (Å²) in [5.41, 5.74) is 0. The zero-order chi connectivity index (χ0) is 15.3. The first-order valence-corrected chi connectivity index (χ1v) is 7.37. The first-order valence-electron chi connectivity index (χ1n) is 5.93. The predicted octanol–water partition coefficient (Wildman–Crippen LogP) is 1.54. The van der Waals surface area contributed by atoms with Crippen molar-refractivity contribution < 1.29 is 26.7 Å². The lowest BCUT2D eigenvalue weighted by Crippen LogP contribution is -2.36. The molecule has 0 fully saturated rings. The topological polar surface area (TPSA) is 63.7 Å². The molecule has 0 aliphatic heterocycles. The Morgan fingerprint density at radius 3 is 2.40 bits per heavy atom. The molecule has 0 amide bonds. The molecule has 0 spiro atoms. The lowest BCUT2D eigenvalue weighted by atomic mass is 10.3. The summed E-state index contributed by atoms with van der Waals surface area (Å²) in [7, 11) is -4.08. The van der Waals surface area contributed by atoms with Gasteiger partial charge in [0.05, 0.1) is 11.5 Å². The van der Waals surface area contributed by atoms with Gasteiger partial charge in [-0.25, -0.2) is 17.2 Å². The molecule has 0 bridgehead atoms. The van der Waals surface area contributed by atoms with Crippen molar-refractivity contribution in [3.05, 3.63) is 29.8 Å². The SMILES string of the molecule is CCOC(=O)CN(CC)S(=O)(=O)c1ccc(F)c(F)c1. The number of sulfonamides is 1. The van der Waals surface area contributed by atoms with Gasteiger partial charge in [0.1, 0.15) is 6.54 Å². The van der Waals surface area contributed by atoms with Crippen LogP contribution in [0.3, 0.4) is 0 Å². The highest BCUT2D eigenvalue weighted by Crippen LogP contribution is 2.18. The second-order valence-electron chi connectivity index (χ2n) is 3.81. The van der Waals surface area contributed by atoms with Crippen molar-refractivity contribution in [1.82, 2.24) is 4.31 Å². The van der Waals surface area contributed by atoms with Crippen LogP contribution >= 0.6 is 0 Å². The fraction of sp³-hybridized carbons (Fsp3) is 0.417. The van der Waals surface area contributed by atoms with Gasteiger partial charge in [-0.05, 0) is 25.1 Å². The molecule has 0 aliphatic rings. The normalized spacial score (nSPS) is 11.7. The van der Waals surface area contributed by atoms with Gasteiger partial charge in [-0.1, -0.05) is 6.92 Å². The van der Waals surface area contributed by atoms with E-state index in [2.05, 4.69) is 4.74 Å². The number of esters is 1. The van der Waals surface area contributed by atoms with Gasteiger partial charge in [-0.2, -0.15) is 4.31 Å². The van der Waals surface area contributed by atoms with Gasteiger partial charge in [0.25, 0.3) is 0 Å². The molecule has 0 unspecified atom stereocenters. The van der Waals surface area contributed by atoms with Crippen molar-refractivity contribution in [3.8, 4) is 0 Å². The van der Waals surface area contributed by atoms with Crippen LogP contribution in [0.15, 0.2) is 23.1 Å². The second-order valence-corrected chi connectivity index (χ2v) is 5.75. The van der Waals surface area contributed by atoms with Crippen LogP contribution in [0.4, 0.5) is 8.78 Å². The molecular formula is C12H15F2NO4S. The summed E-state index contributed by atoms with van der Waals surface area (Å²) >= 11 is 0. The summed E-state index contributed by atoms with van der Waals surface area (Å²) in [5, 5.41) is 0. The Hall–Kier alpha value is -1.54. The Labute approximate surface area is 116 Å². The molecular weight excluding hydrogens is 292 g/mol. The molecule has 0 aliphatic carbocycles. The minimum atomic E-state index is -4.08. The number of benzene rings is 1. The molecule has 0 saturated carbocycles. The second kappa shape index (κ2) is 6.76. The smallest absolute Gasteiger partial charge is 0.321 e. The Morgan fingerprint density at radius 2 is 1.90 bits per heavy atom. The molecule has 1 aromatic carbocycles. The van der Waals surface area contributed by atoms with E-state index in [1.165, 1.54) is 6.92 Å². The number of nitrogens with zero attached hydrogens (tertiary/aromatic N) is 1. The minimum absolute atomic E-state index is 0.000142. The summed E-state index contributed by atoms with van der Waals surface area (Å²) in [4.78, 5) is 10.9. The average Bonchev–Trinajstić information content (AvgIpc) is 2.39. The van der Waals surface area contributed by atoms with E-state index in [0.29, 0.717) is 6.07 Å². The Balaban J connectivity index is 3.05. The molecule has 20 heavy (non-hydrogen) atoms. The van der Waals surface area contributed by atoms with E-state index in [0.717, 1.165) is 16.4 Å². The molecule has 0 heterocycles. The molecule has 112 valence electrons. The van der Waals surface area contributed by atoms with E-state index < -0.39 is 39.1 Å². The highest BCUT2D eigenvalue weighted by Gasteiger charge is 2.26. The third-order valence-electron chi connectivity index (χ3n) is 2.49. The van der Waals surface area contributed by atoms with Crippen molar-refractivity contribution in [2.75, 3.05) is 19.7 Å². The molecule has 5 nitrogen and oxygen atoms in total. The predicted molar refractivity (Wildman–Crippen MR) is 67.4 cm³/mol. The van der Waals surface area contributed by atoms with Crippen LogP contribution < -0.4 is 0 Å². The Kier molecular flexibility index (Phi) is 5.58. The molecule has 0 atom stereocenters. The molecule has 0 saturated heterocycles. The van der Waals surface area contributed by atoms with Gasteiger partial charge >= 0.3 is 5.97 Å². The quantitative estimate of drug-likeness (QED) is 0.748. The number of halogens is 2. The fourth-order valence-electron chi connectivity index (χ4n) is 1.50. The summed E-state index contributed by atoms with van der Waals surface area (Å²) in [5.74, 6) is -3.11. The third-order valence-corrected chi connectivity index (χ3v) is 4.41. The van der Waals surface area contributed by atoms with Crippen LogP contribution in [-0.4, -0.2) is 38.4 Å². The molecule has 0 N–H and O–H groups in total. The van der Waals surface area contributed by atoms with Gasteiger partial charge in [0, 0.05) is 6.54 Å². The first-order chi connectivity index (χ1) is 9.32. The largest absolute Gasteiger partial charge is 0.465 e. The maximum Gasteiger partial charge on any atom is 0.321 e. The lowest BCUT2D eigenvalue weighted by Gasteiger charge is -2.19.